The summed E-state index contributed by atoms with van der Waals surface area (Å²) < 4.78 is 29.5. The van der Waals surface area contributed by atoms with Gasteiger partial charge in [0.2, 0.25) is 5.91 Å². The van der Waals surface area contributed by atoms with E-state index in [0.29, 0.717) is 32.5 Å². The van der Waals surface area contributed by atoms with Crippen LogP contribution >= 0.6 is 0 Å². The molecule has 3 rings (SSSR count). The monoisotopic (exact) mass is 315 g/mol. The van der Waals surface area contributed by atoms with Gasteiger partial charge in [-0.1, -0.05) is 19.3 Å². The van der Waals surface area contributed by atoms with Crippen molar-refractivity contribution in [3.05, 3.63) is 0 Å². The zero-order valence-electron chi connectivity index (χ0n) is 12.6. The number of ether oxygens (including phenoxy) is 1. The van der Waals surface area contributed by atoms with Crippen molar-refractivity contribution in [2.24, 2.45) is 5.92 Å². The van der Waals surface area contributed by atoms with Gasteiger partial charge >= 0.3 is 0 Å². The molecule has 2 heterocycles. The summed E-state index contributed by atoms with van der Waals surface area (Å²) in [4.78, 5) is 14.5. The maximum absolute atomic E-state index is 12.7. The van der Waals surface area contributed by atoms with Gasteiger partial charge in [0.15, 0.2) is 9.84 Å². The van der Waals surface area contributed by atoms with Crippen LogP contribution in [0.15, 0.2) is 0 Å². The molecule has 6 heteroatoms. The Hall–Kier alpha value is -0.620. The molecule has 0 aromatic carbocycles. The molecule has 0 aromatic rings. The first kappa shape index (κ1) is 15.3. The second kappa shape index (κ2) is 5.88. The van der Waals surface area contributed by atoms with Crippen LogP contribution in [0.4, 0.5) is 0 Å². The van der Waals surface area contributed by atoms with E-state index in [1.807, 2.05) is 4.90 Å². The molecule has 3 aliphatic rings. The molecule has 2 aliphatic heterocycles. The minimum absolute atomic E-state index is 0.0338. The summed E-state index contributed by atoms with van der Waals surface area (Å²) in [6.07, 6.45) is 6.97. The number of carbonyl (C=O) groups is 1. The second-order valence-electron chi connectivity index (χ2n) is 6.81. The van der Waals surface area contributed by atoms with Gasteiger partial charge in [0, 0.05) is 13.1 Å². The van der Waals surface area contributed by atoms with Gasteiger partial charge in [-0.2, -0.15) is 0 Å². The lowest BCUT2D eigenvalue weighted by molar-refractivity contribution is -0.159. The van der Waals surface area contributed by atoms with Gasteiger partial charge in [0.05, 0.1) is 29.6 Å². The zero-order valence-corrected chi connectivity index (χ0v) is 13.4. The van der Waals surface area contributed by atoms with Crippen molar-refractivity contribution in [2.75, 3.05) is 31.2 Å². The highest BCUT2D eigenvalue weighted by molar-refractivity contribution is 7.91. The second-order valence-corrected chi connectivity index (χ2v) is 9.03. The summed E-state index contributed by atoms with van der Waals surface area (Å²) in [5.41, 5.74) is -0.153. The molecule has 0 bridgehead atoms. The predicted octanol–water partition coefficient (Wildman–Crippen LogP) is 1.37. The third-order valence-electron chi connectivity index (χ3n) is 5.14. The van der Waals surface area contributed by atoms with E-state index in [-0.39, 0.29) is 28.9 Å². The topological polar surface area (TPSA) is 63.7 Å². The number of amides is 1. The molecule has 1 amide bonds. The van der Waals surface area contributed by atoms with E-state index in [4.69, 9.17) is 4.74 Å². The van der Waals surface area contributed by atoms with Crippen molar-refractivity contribution in [3.63, 3.8) is 0 Å². The summed E-state index contributed by atoms with van der Waals surface area (Å²) in [5, 5.41) is 0. The third-order valence-corrected chi connectivity index (χ3v) is 6.96. The molecule has 0 N–H and O–H groups in total. The number of sulfone groups is 1. The van der Waals surface area contributed by atoms with Crippen molar-refractivity contribution in [3.8, 4) is 0 Å². The summed E-state index contributed by atoms with van der Waals surface area (Å²) >= 11 is 0. The van der Waals surface area contributed by atoms with Crippen LogP contribution < -0.4 is 0 Å². The summed E-state index contributed by atoms with van der Waals surface area (Å²) in [7, 11) is -3.03. The van der Waals surface area contributed by atoms with Gasteiger partial charge in [-0.05, 0) is 25.7 Å². The molecule has 1 spiro atoms. The fraction of sp³-hybridized carbons (Fsp3) is 0.933. The fourth-order valence-electron chi connectivity index (χ4n) is 4.01. The molecule has 2 saturated heterocycles. The number of hydrogen-bond acceptors (Lipinski definition) is 4. The van der Waals surface area contributed by atoms with Crippen molar-refractivity contribution >= 4 is 15.7 Å². The van der Waals surface area contributed by atoms with Gasteiger partial charge in [-0.25, -0.2) is 8.42 Å². The van der Waals surface area contributed by atoms with Crippen LogP contribution in [0.3, 0.4) is 0 Å². The minimum Gasteiger partial charge on any atom is -0.371 e. The molecule has 1 aliphatic carbocycles. The Morgan fingerprint density at radius 2 is 1.90 bits per heavy atom. The number of nitrogens with zero attached hydrogens (tertiary/aromatic N) is 1. The van der Waals surface area contributed by atoms with Crippen LogP contribution in [-0.2, 0) is 19.4 Å². The third kappa shape index (κ3) is 3.42. The average Bonchev–Trinajstić information content (AvgIpc) is 2.46. The van der Waals surface area contributed by atoms with Gasteiger partial charge < -0.3 is 9.64 Å². The van der Waals surface area contributed by atoms with Crippen LogP contribution in [0.5, 0.6) is 0 Å². The molecule has 5 nitrogen and oxygen atoms in total. The summed E-state index contributed by atoms with van der Waals surface area (Å²) in [6.45, 7) is 1.85. The summed E-state index contributed by atoms with van der Waals surface area (Å²) in [6, 6.07) is 0. The Balaban J connectivity index is 1.66. The van der Waals surface area contributed by atoms with E-state index in [1.165, 1.54) is 19.3 Å². The van der Waals surface area contributed by atoms with Gasteiger partial charge in [-0.3, -0.25) is 4.79 Å². The van der Waals surface area contributed by atoms with Gasteiger partial charge in [0.1, 0.15) is 0 Å². The van der Waals surface area contributed by atoms with Crippen molar-refractivity contribution in [1.29, 1.82) is 0 Å². The molecular formula is C15H25NO4S. The normalized spacial score (nSPS) is 32.0. The van der Waals surface area contributed by atoms with Crippen molar-refractivity contribution in [2.45, 2.75) is 50.5 Å². The maximum atomic E-state index is 12.7. The number of carbonyl (C=O) groups excluding carboxylic acids is 1. The Labute approximate surface area is 126 Å². The Bertz CT molecular complexity index is 490. The van der Waals surface area contributed by atoms with Crippen molar-refractivity contribution < 1.29 is 17.9 Å². The first-order valence-corrected chi connectivity index (χ1v) is 9.95. The highest BCUT2D eigenvalue weighted by Crippen LogP contribution is 2.35. The lowest BCUT2D eigenvalue weighted by atomic mass is 9.83. The number of morpholine rings is 1. The van der Waals surface area contributed by atoms with E-state index in [9.17, 15) is 13.2 Å². The zero-order chi connectivity index (χ0) is 14.9. The molecule has 21 heavy (non-hydrogen) atoms. The lowest BCUT2D eigenvalue weighted by Crippen LogP contribution is -2.56. The standard InChI is InChI=1S/C15H25NO4S/c17-14(13-5-4-10-21(18,19)11-13)16-8-9-20-15(12-16)6-2-1-3-7-15/h13H,1-12H2/t13-/m0/s1. The van der Waals surface area contributed by atoms with Crippen LogP contribution in [-0.4, -0.2) is 56.0 Å². The predicted molar refractivity (Wildman–Crippen MR) is 79.7 cm³/mol. The highest BCUT2D eigenvalue weighted by atomic mass is 32.2. The fourth-order valence-corrected chi connectivity index (χ4v) is 5.70. The van der Waals surface area contributed by atoms with Crippen LogP contribution in [0.2, 0.25) is 0 Å². The van der Waals surface area contributed by atoms with E-state index in [2.05, 4.69) is 0 Å². The highest BCUT2D eigenvalue weighted by Gasteiger charge is 2.41. The van der Waals surface area contributed by atoms with Crippen molar-refractivity contribution in [1.82, 2.24) is 4.90 Å². The minimum atomic E-state index is -3.03. The molecule has 3 fully saturated rings. The van der Waals surface area contributed by atoms with E-state index in [0.717, 1.165) is 12.8 Å². The van der Waals surface area contributed by atoms with E-state index in [1.54, 1.807) is 0 Å². The SMILES string of the molecule is O=C([C@H]1CCCS(=O)(=O)C1)N1CCOC2(CCCCC2)C1. The van der Waals surface area contributed by atoms with Gasteiger partial charge in [0.25, 0.3) is 0 Å². The molecular weight excluding hydrogens is 290 g/mol. The van der Waals surface area contributed by atoms with E-state index >= 15 is 0 Å². The number of hydrogen-bond donors (Lipinski definition) is 0. The molecule has 0 aromatic heterocycles. The Morgan fingerprint density at radius 3 is 2.62 bits per heavy atom. The molecule has 0 unspecified atom stereocenters. The van der Waals surface area contributed by atoms with Crippen LogP contribution in [0.1, 0.15) is 44.9 Å². The smallest absolute Gasteiger partial charge is 0.226 e. The maximum Gasteiger partial charge on any atom is 0.226 e. The van der Waals surface area contributed by atoms with Crippen LogP contribution in [0.25, 0.3) is 0 Å². The van der Waals surface area contributed by atoms with Gasteiger partial charge in [-0.15, -0.1) is 0 Å². The lowest BCUT2D eigenvalue weighted by Gasteiger charge is -2.45. The largest absolute Gasteiger partial charge is 0.371 e. The Kier molecular flexibility index (Phi) is 4.28. The first-order chi connectivity index (χ1) is 10.00. The first-order valence-electron chi connectivity index (χ1n) is 8.13. The summed E-state index contributed by atoms with van der Waals surface area (Å²) in [5.74, 6) is -0.0194. The molecule has 1 atom stereocenters. The Morgan fingerprint density at radius 1 is 1.14 bits per heavy atom. The molecule has 0 radical (unpaired) electrons. The molecule has 120 valence electrons. The molecule has 1 saturated carbocycles. The average molecular weight is 315 g/mol. The number of rotatable bonds is 1. The van der Waals surface area contributed by atoms with Crippen LogP contribution in [0, 0.1) is 5.92 Å². The quantitative estimate of drug-likeness (QED) is 0.733. The van der Waals surface area contributed by atoms with E-state index < -0.39 is 9.84 Å².